The molecule has 0 atom stereocenters. The third kappa shape index (κ3) is 4.74. The molecule has 0 spiro atoms. The van der Waals surface area contributed by atoms with Gasteiger partial charge in [0.15, 0.2) is 11.3 Å². The van der Waals surface area contributed by atoms with Crippen molar-refractivity contribution < 1.29 is 27.4 Å². The lowest BCUT2D eigenvalue weighted by molar-refractivity contribution is -0.274. The number of nitrogens with zero attached hydrogens (tertiary/aromatic N) is 2. The lowest BCUT2D eigenvalue weighted by Crippen LogP contribution is -2.25. The fourth-order valence-corrected chi connectivity index (χ4v) is 4.62. The van der Waals surface area contributed by atoms with E-state index in [0.717, 1.165) is 23.9 Å². The van der Waals surface area contributed by atoms with Gasteiger partial charge in [0, 0.05) is 29.0 Å². The number of ether oxygens (including phenoxy) is 1. The SMILES string of the molecule is CN=C(C)c1c(C)n(-c2ccc(OC(F)(F)F)cc2)c(=O)c2c(O)c(Sc3ccccc3)c(=O)oc12. The van der Waals surface area contributed by atoms with Gasteiger partial charge < -0.3 is 14.3 Å². The maximum atomic E-state index is 13.6. The van der Waals surface area contributed by atoms with Gasteiger partial charge in [-0.3, -0.25) is 14.4 Å². The number of aliphatic imine (C=N–C) groups is 1. The van der Waals surface area contributed by atoms with Crippen molar-refractivity contribution in [1.82, 2.24) is 4.57 Å². The van der Waals surface area contributed by atoms with Crippen LogP contribution in [0.25, 0.3) is 16.7 Å². The van der Waals surface area contributed by atoms with E-state index in [-0.39, 0.29) is 21.6 Å². The monoisotopic (exact) mass is 516 g/mol. The van der Waals surface area contributed by atoms with Crippen LogP contribution in [0.5, 0.6) is 11.5 Å². The number of hydrogen-bond acceptors (Lipinski definition) is 7. The van der Waals surface area contributed by atoms with Crippen molar-refractivity contribution in [2.75, 3.05) is 7.05 Å². The lowest BCUT2D eigenvalue weighted by atomic mass is 10.0. The average Bonchev–Trinajstić information content (AvgIpc) is 2.82. The number of aromatic hydroxyl groups is 1. The molecule has 0 unspecified atom stereocenters. The molecule has 0 bridgehead atoms. The number of hydrogen-bond donors (Lipinski definition) is 1. The molecule has 2 aromatic heterocycles. The van der Waals surface area contributed by atoms with E-state index in [2.05, 4.69) is 9.73 Å². The normalized spacial score (nSPS) is 12.2. The van der Waals surface area contributed by atoms with E-state index in [1.54, 1.807) is 44.2 Å². The van der Waals surface area contributed by atoms with Gasteiger partial charge in [0.05, 0.1) is 5.56 Å². The van der Waals surface area contributed by atoms with E-state index in [1.165, 1.54) is 23.7 Å². The number of halogens is 3. The first-order valence-corrected chi connectivity index (χ1v) is 11.3. The summed E-state index contributed by atoms with van der Waals surface area (Å²) in [6.07, 6.45) is -4.87. The van der Waals surface area contributed by atoms with Gasteiger partial charge in [-0.2, -0.15) is 0 Å². The van der Waals surface area contributed by atoms with Crippen molar-refractivity contribution in [3.63, 3.8) is 0 Å². The molecule has 0 aliphatic heterocycles. The number of rotatable bonds is 5. The van der Waals surface area contributed by atoms with Gasteiger partial charge in [0.2, 0.25) is 0 Å². The third-order valence-electron chi connectivity index (χ3n) is 5.39. The Kier molecular flexibility index (Phi) is 6.68. The summed E-state index contributed by atoms with van der Waals surface area (Å²) >= 11 is 0.940. The number of alkyl halides is 3. The summed E-state index contributed by atoms with van der Waals surface area (Å²) in [6, 6.07) is 13.4. The van der Waals surface area contributed by atoms with Gasteiger partial charge in [-0.15, -0.1) is 13.2 Å². The van der Waals surface area contributed by atoms with Crippen LogP contribution in [-0.2, 0) is 0 Å². The molecule has 7 nitrogen and oxygen atoms in total. The van der Waals surface area contributed by atoms with Gasteiger partial charge in [0.25, 0.3) is 5.56 Å². The summed E-state index contributed by atoms with van der Waals surface area (Å²) in [6.45, 7) is 3.22. The second kappa shape index (κ2) is 9.57. The van der Waals surface area contributed by atoms with E-state index >= 15 is 0 Å². The van der Waals surface area contributed by atoms with Crippen molar-refractivity contribution in [3.05, 3.63) is 86.6 Å². The summed E-state index contributed by atoms with van der Waals surface area (Å²) in [5, 5.41) is 10.8. The van der Waals surface area contributed by atoms with Gasteiger partial charge in [0.1, 0.15) is 16.0 Å². The van der Waals surface area contributed by atoms with E-state index in [0.29, 0.717) is 21.9 Å². The van der Waals surface area contributed by atoms with Crippen LogP contribution in [0.1, 0.15) is 18.2 Å². The quantitative estimate of drug-likeness (QED) is 0.355. The van der Waals surface area contributed by atoms with Gasteiger partial charge in [-0.25, -0.2) is 4.79 Å². The van der Waals surface area contributed by atoms with Gasteiger partial charge in [-0.1, -0.05) is 30.0 Å². The Labute approximate surface area is 206 Å². The Bertz CT molecular complexity index is 1590. The van der Waals surface area contributed by atoms with E-state index < -0.39 is 29.0 Å². The van der Waals surface area contributed by atoms with E-state index in [4.69, 9.17) is 4.42 Å². The first kappa shape index (κ1) is 25.1. The van der Waals surface area contributed by atoms with Crippen LogP contribution in [0.2, 0.25) is 0 Å². The minimum atomic E-state index is -4.87. The van der Waals surface area contributed by atoms with Crippen molar-refractivity contribution >= 4 is 28.4 Å². The zero-order valence-electron chi connectivity index (χ0n) is 19.2. The number of benzene rings is 2. The molecule has 2 heterocycles. The van der Waals surface area contributed by atoms with Crippen LogP contribution < -0.4 is 15.9 Å². The average molecular weight is 516 g/mol. The summed E-state index contributed by atoms with van der Waals surface area (Å²) in [5.74, 6) is -1.02. The first-order valence-electron chi connectivity index (χ1n) is 10.5. The fraction of sp³-hybridized carbons (Fsp3) is 0.160. The maximum absolute atomic E-state index is 13.6. The minimum absolute atomic E-state index is 0.131. The molecule has 0 radical (unpaired) electrons. The van der Waals surface area contributed by atoms with Crippen LogP contribution >= 0.6 is 11.8 Å². The molecule has 0 amide bonds. The molecule has 0 aliphatic rings. The van der Waals surface area contributed by atoms with Crippen LogP contribution in [-0.4, -0.2) is 28.8 Å². The molecule has 186 valence electrons. The standard InChI is InChI=1S/C25H19F3N2O5S/c1-13(29-3)18-14(2)30(15-9-11-16(12-10-15)35-25(26,27)28)23(32)19-20(31)22(24(33)34-21(18)19)36-17-7-5-4-6-8-17/h4-12,31H,1-3H3. The molecule has 4 rings (SSSR count). The summed E-state index contributed by atoms with van der Waals surface area (Å²) in [4.78, 5) is 31.1. The van der Waals surface area contributed by atoms with Crippen molar-refractivity contribution in [1.29, 1.82) is 0 Å². The summed E-state index contributed by atoms with van der Waals surface area (Å²) in [7, 11) is 1.51. The predicted molar refractivity (Wildman–Crippen MR) is 130 cm³/mol. The molecule has 4 aromatic rings. The molecular weight excluding hydrogens is 497 g/mol. The van der Waals surface area contributed by atoms with Crippen LogP contribution in [0.15, 0.2) is 83.4 Å². The van der Waals surface area contributed by atoms with Gasteiger partial charge in [-0.05, 0) is 50.2 Å². The molecular formula is C25H19F3N2O5S. The number of aromatic nitrogens is 1. The van der Waals surface area contributed by atoms with Crippen LogP contribution in [0.4, 0.5) is 13.2 Å². The highest BCUT2D eigenvalue weighted by Gasteiger charge is 2.31. The molecule has 0 fully saturated rings. The number of fused-ring (bicyclic) bond motifs is 1. The van der Waals surface area contributed by atoms with Crippen molar-refractivity contribution in [2.24, 2.45) is 4.99 Å². The Morgan fingerprint density at radius 1 is 1.08 bits per heavy atom. The predicted octanol–water partition coefficient (Wildman–Crippen LogP) is 5.45. The second-order valence-corrected chi connectivity index (χ2v) is 8.72. The van der Waals surface area contributed by atoms with E-state index in [9.17, 15) is 27.9 Å². The zero-order chi connectivity index (χ0) is 26.2. The molecule has 0 aliphatic carbocycles. The molecule has 11 heteroatoms. The highest BCUT2D eigenvalue weighted by molar-refractivity contribution is 7.99. The highest BCUT2D eigenvalue weighted by atomic mass is 32.2. The zero-order valence-corrected chi connectivity index (χ0v) is 20.0. The first-order chi connectivity index (χ1) is 17.0. The summed E-state index contributed by atoms with van der Waals surface area (Å²) < 4.78 is 48.4. The lowest BCUT2D eigenvalue weighted by Gasteiger charge is -2.18. The Morgan fingerprint density at radius 2 is 1.72 bits per heavy atom. The van der Waals surface area contributed by atoms with Crippen LogP contribution in [0.3, 0.4) is 0 Å². The number of pyridine rings is 1. The van der Waals surface area contributed by atoms with Gasteiger partial charge >= 0.3 is 12.0 Å². The molecule has 2 aromatic carbocycles. The topological polar surface area (TPSA) is 94.0 Å². The largest absolute Gasteiger partial charge is 0.573 e. The minimum Gasteiger partial charge on any atom is -0.505 e. The van der Waals surface area contributed by atoms with Crippen molar-refractivity contribution in [2.45, 2.75) is 30.0 Å². The van der Waals surface area contributed by atoms with E-state index in [1.807, 2.05) is 0 Å². The highest BCUT2D eigenvalue weighted by Crippen LogP contribution is 2.37. The smallest absolute Gasteiger partial charge is 0.505 e. The van der Waals surface area contributed by atoms with Crippen molar-refractivity contribution in [3.8, 4) is 17.2 Å². The molecule has 36 heavy (non-hydrogen) atoms. The molecule has 0 saturated heterocycles. The summed E-state index contributed by atoms with van der Waals surface area (Å²) in [5.41, 5.74) is -0.456. The Hall–Kier alpha value is -3.99. The van der Waals surface area contributed by atoms with Crippen LogP contribution in [0, 0.1) is 6.92 Å². The Morgan fingerprint density at radius 3 is 2.31 bits per heavy atom. The molecule has 1 N–H and O–H groups in total. The second-order valence-electron chi connectivity index (χ2n) is 7.64. The Balaban J connectivity index is 2.01. The fourth-order valence-electron chi connectivity index (χ4n) is 3.76. The molecule has 0 saturated carbocycles. The maximum Gasteiger partial charge on any atom is 0.573 e. The third-order valence-corrected chi connectivity index (χ3v) is 6.46.